The monoisotopic (exact) mass is 373 g/mol. The maximum Gasteiger partial charge on any atom is 0.394 e. The molecule has 0 rings (SSSR count). The van der Waals surface area contributed by atoms with Crippen LogP contribution in [0.2, 0.25) is 0 Å². The van der Waals surface area contributed by atoms with Gasteiger partial charge in [-0.05, 0) is 36.2 Å². The molecule has 144 valence electrons. The van der Waals surface area contributed by atoms with Gasteiger partial charge in [0, 0.05) is 0 Å². The van der Waals surface area contributed by atoms with Crippen LogP contribution >= 0.6 is 11.8 Å². The van der Waals surface area contributed by atoms with Gasteiger partial charge in [0.25, 0.3) is 0 Å². The molecule has 0 aromatic carbocycles. The second-order valence-corrected chi connectivity index (χ2v) is 7.79. The molecule has 2 atom stereocenters. The lowest BCUT2D eigenvalue weighted by Crippen LogP contribution is -2.07. The Bertz CT molecular complexity index is 300. The second-order valence-electron chi connectivity index (χ2n) is 5.82. The Hall–Kier alpha value is 0.180. The van der Waals surface area contributed by atoms with Gasteiger partial charge in [-0.1, -0.05) is 66.2 Å². The molecule has 5 N–H and O–H groups in total. The van der Waals surface area contributed by atoms with Crippen molar-refractivity contribution in [3.05, 3.63) is 0 Å². The molecule has 5 nitrogen and oxygen atoms in total. The standard InChI is InChI=1S/C16H34S.H3N.H2O4S/c1-5-9-11-15(7-3)13-17-14-16(8-4)12-10-6-2;;1-5(2,3)4/h15-16H,5-14H2,1-4H3;1H3;(H2,1,2,3,4). The van der Waals surface area contributed by atoms with Gasteiger partial charge in [-0.25, -0.2) is 0 Å². The van der Waals surface area contributed by atoms with Gasteiger partial charge >= 0.3 is 10.4 Å². The number of hydrogen-bond donors (Lipinski definition) is 3. The first kappa shape index (κ1) is 28.0. The maximum absolute atomic E-state index is 8.74. The second kappa shape index (κ2) is 18.5. The van der Waals surface area contributed by atoms with Crippen molar-refractivity contribution in [1.29, 1.82) is 0 Å². The topological polar surface area (TPSA) is 110 Å². The zero-order chi connectivity index (χ0) is 17.4. The van der Waals surface area contributed by atoms with Gasteiger partial charge in [-0.15, -0.1) is 0 Å². The molecular formula is C16H39NO4S2. The molecule has 0 radical (unpaired) electrons. The summed E-state index contributed by atoms with van der Waals surface area (Å²) in [7, 11) is -4.67. The molecule has 0 aromatic heterocycles. The summed E-state index contributed by atoms with van der Waals surface area (Å²) < 4.78 is 31.6. The third-order valence-corrected chi connectivity index (χ3v) is 5.21. The highest BCUT2D eigenvalue weighted by molar-refractivity contribution is 7.99. The van der Waals surface area contributed by atoms with Gasteiger partial charge in [-0.3, -0.25) is 9.11 Å². The van der Waals surface area contributed by atoms with Gasteiger partial charge in [0.05, 0.1) is 0 Å². The Morgan fingerprint density at radius 3 is 1.35 bits per heavy atom. The molecule has 2 unspecified atom stereocenters. The van der Waals surface area contributed by atoms with Crippen molar-refractivity contribution in [2.24, 2.45) is 11.8 Å². The van der Waals surface area contributed by atoms with Crippen LogP contribution in [0.3, 0.4) is 0 Å². The summed E-state index contributed by atoms with van der Waals surface area (Å²) in [5.41, 5.74) is 0. The van der Waals surface area contributed by atoms with Gasteiger partial charge in [-0.2, -0.15) is 20.2 Å². The Kier molecular flexibility index (Phi) is 22.5. The zero-order valence-electron chi connectivity index (χ0n) is 15.5. The van der Waals surface area contributed by atoms with E-state index in [1.807, 2.05) is 0 Å². The minimum atomic E-state index is -4.67. The number of hydrogen-bond acceptors (Lipinski definition) is 4. The van der Waals surface area contributed by atoms with Crippen molar-refractivity contribution >= 4 is 22.2 Å². The Balaban J connectivity index is -0.000000578. The maximum atomic E-state index is 8.74. The number of rotatable bonds is 12. The van der Waals surface area contributed by atoms with Crippen LogP contribution in [-0.4, -0.2) is 29.0 Å². The first-order valence-electron chi connectivity index (χ1n) is 8.55. The third-order valence-electron chi connectivity index (χ3n) is 3.79. The predicted octanol–water partition coefficient (Wildman–Crippen LogP) is 5.66. The lowest BCUT2D eigenvalue weighted by molar-refractivity contribution is 0.381. The lowest BCUT2D eigenvalue weighted by atomic mass is 10.0. The van der Waals surface area contributed by atoms with Crippen LogP contribution in [-0.2, 0) is 10.4 Å². The van der Waals surface area contributed by atoms with Gasteiger partial charge in [0.1, 0.15) is 0 Å². The number of unbranched alkanes of at least 4 members (excludes halogenated alkanes) is 2. The van der Waals surface area contributed by atoms with Crippen LogP contribution in [0, 0.1) is 11.8 Å². The molecule has 0 heterocycles. The molecule has 0 amide bonds. The quantitative estimate of drug-likeness (QED) is 0.381. The summed E-state index contributed by atoms with van der Waals surface area (Å²) in [5.74, 6) is 4.75. The molecule has 0 aromatic rings. The van der Waals surface area contributed by atoms with Gasteiger partial charge in [0.2, 0.25) is 0 Å². The average Bonchev–Trinajstić information content (AvgIpc) is 2.44. The molecule has 0 bridgehead atoms. The molecule has 0 saturated heterocycles. The molecule has 0 fully saturated rings. The van der Waals surface area contributed by atoms with E-state index in [1.54, 1.807) is 0 Å². The summed E-state index contributed by atoms with van der Waals surface area (Å²) in [4.78, 5) is 0. The fraction of sp³-hybridized carbons (Fsp3) is 1.00. The summed E-state index contributed by atoms with van der Waals surface area (Å²) in [6, 6.07) is 0. The Morgan fingerprint density at radius 2 is 1.13 bits per heavy atom. The first-order chi connectivity index (χ1) is 10.3. The van der Waals surface area contributed by atoms with Crippen LogP contribution < -0.4 is 6.15 Å². The van der Waals surface area contributed by atoms with E-state index in [-0.39, 0.29) is 6.15 Å². The minimum Gasteiger partial charge on any atom is -0.344 e. The highest BCUT2D eigenvalue weighted by Gasteiger charge is 2.09. The summed E-state index contributed by atoms with van der Waals surface area (Å²) in [5, 5.41) is 0. The van der Waals surface area contributed by atoms with Crippen LogP contribution in [0.1, 0.15) is 79.1 Å². The highest BCUT2D eigenvalue weighted by Crippen LogP contribution is 2.23. The van der Waals surface area contributed by atoms with Crippen LogP contribution in [0.4, 0.5) is 0 Å². The molecule has 23 heavy (non-hydrogen) atoms. The van der Waals surface area contributed by atoms with Crippen molar-refractivity contribution < 1.29 is 17.5 Å². The summed E-state index contributed by atoms with van der Waals surface area (Å²) in [6.07, 6.45) is 11.2. The van der Waals surface area contributed by atoms with Crippen molar-refractivity contribution in [2.75, 3.05) is 11.5 Å². The highest BCUT2D eigenvalue weighted by atomic mass is 32.3. The van der Waals surface area contributed by atoms with Crippen LogP contribution in [0.25, 0.3) is 0 Å². The van der Waals surface area contributed by atoms with E-state index < -0.39 is 10.4 Å². The average molecular weight is 374 g/mol. The fourth-order valence-corrected chi connectivity index (χ4v) is 3.81. The fourth-order valence-electron chi connectivity index (χ4n) is 2.20. The molecule has 0 aliphatic carbocycles. The summed E-state index contributed by atoms with van der Waals surface area (Å²) >= 11 is 2.22. The van der Waals surface area contributed by atoms with E-state index in [0.717, 1.165) is 11.8 Å². The van der Waals surface area contributed by atoms with Crippen LogP contribution in [0.15, 0.2) is 0 Å². The molecular weight excluding hydrogens is 334 g/mol. The molecule has 7 heteroatoms. The summed E-state index contributed by atoms with van der Waals surface area (Å²) in [6.45, 7) is 9.32. The predicted molar refractivity (Wildman–Crippen MR) is 103 cm³/mol. The number of thioether (sulfide) groups is 1. The Labute approximate surface area is 148 Å². The SMILES string of the molecule is CCCCC(CC)CSCC(CC)CCCC.N.O=S(=O)(O)O. The van der Waals surface area contributed by atoms with E-state index in [4.69, 9.17) is 17.5 Å². The minimum absolute atomic E-state index is 0. The molecule has 0 aliphatic rings. The molecule has 0 aliphatic heterocycles. The van der Waals surface area contributed by atoms with E-state index >= 15 is 0 Å². The van der Waals surface area contributed by atoms with E-state index in [9.17, 15) is 0 Å². The molecule has 0 saturated carbocycles. The smallest absolute Gasteiger partial charge is 0.344 e. The Morgan fingerprint density at radius 1 is 0.826 bits per heavy atom. The van der Waals surface area contributed by atoms with Gasteiger partial charge in [0.15, 0.2) is 0 Å². The first-order valence-corrected chi connectivity index (χ1v) is 11.1. The lowest BCUT2D eigenvalue weighted by Gasteiger charge is -2.17. The van der Waals surface area contributed by atoms with Crippen molar-refractivity contribution in [1.82, 2.24) is 6.15 Å². The molecule has 0 spiro atoms. The van der Waals surface area contributed by atoms with Crippen molar-refractivity contribution in [3.63, 3.8) is 0 Å². The largest absolute Gasteiger partial charge is 0.394 e. The van der Waals surface area contributed by atoms with Crippen LogP contribution in [0.5, 0.6) is 0 Å². The van der Waals surface area contributed by atoms with Crippen molar-refractivity contribution in [3.8, 4) is 0 Å². The third kappa shape index (κ3) is 27.3. The van der Waals surface area contributed by atoms with Crippen molar-refractivity contribution in [2.45, 2.75) is 79.1 Å². The van der Waals surface area contributed by atoms with E-state index in [0.29, 0.717) is 0 Å². The van der Waals surface area contributed by atoms with E-state index in [1.165, 1.54) is 62.9 Å². The van der Waals surface area contributed by atoms with E-state index in [2.05, 4.69) is 39.5 Å². The zero-order valence-corrected chi connectivity index (χ0v) is 17.1. The van der Waals surface area contributed by atoms with Gasteiger partial charge < -0.3 is 6.15 Å². The normalized spacial score (nSPS) is 13.5.